The van der Waals surface area contributed by atoms with Crippen molar-refractivity contribution in [1.29, 1.82) is 0 Å². The van der Waals surface area contributed by atoms with Crippen LogP contribution in [0.5, 0.6) is 11.5 Å². The fourth-order valence-electron chi connectivity index (χ4n) is 4.52. The molecule has 4 aromatic carbocycles. The standard InChI is InChI=1S/C34H37NO3/c1-24(2)17-33(30-19-25(3)18-26(4)20-30)35-34(36)29-11-8-12-32(21-29)38-23-28-13-15-31(16-14-28)37-22-27-9-6-5-7-10-27/h5-16,18-21,24,33H,17,22-23H2,1-4H3,(H,35,36). The van der Waals surface area contributed by atoms with E-state index in [2.05, 4.69) is 51.2 Å². The summed E-state index contributed by atoms with van der Waals surface area (Å²) in [6.07, 6.45) is 0.871. The van der Waals surface area contributed by atoms with E-state index in [0.29, 0.717) is 30.4 Å². The van der Waals surface area contributed by atoms with Crippen molar-refractivity contribution in [2.24, 2.45) is 5.92 Å². The number of hydrogen-bond donors (Lipinski definition) is 1. The molecule has 4 aromatic rings. The lowest BCUT2D eigenvalue weighted by Crippen LogP contribution is -2.29. The highest BCUT2D eigenvalue weighted by Crippen LogP contribution is 2.25. The minimum absolute atomic E-state index is 0.0479. The maximum Gasteiger partial charge on any atom is 0.251 e. The summed E-state index contributed by atoms with van der Waals surface area (Å²) in [5, 5.41) is 3.26. The molecule has 0 fully saturated rings. The van der Waals surface area contributed by atoms with Crippen molar-refractivity contribution in [3.63, 3.8) is 0 Å². The lowest BCUT2D eigenvalue weighted by Gasteiger charge is -2.22. The number of carbonyl (C=O) groups excluding carboxylic acids is 1. The topological polar surface area (TPSA) is 47.6 Å². The molecule has 0 aliphatic carbocycles. The molecule has 0 aliphatic heterocycles. The summed E-state index contributed by atoms with van der Waals surface area (Å²) in [5.74, 6) is 1.83. The summed E-state index contributed by atoms with van der Waals surface area (Å²) in [5.41, 5.74) is 6.30. The predicted molar refractivity (Wildman–Crippen MR) is 154 cm³/mol. The van der Waals surface area contributed by atoms with Crippen LogP contribution in [-0.2, 0) is 13.2 Å². The summed E-state index contributed by atoms with van der Waals surface area (Å²) in [6, 6.07) is 31.8. The van der Waals surface area contributed by atoms with Crippen LogP contribution >= 0.6 is 0 Å². The molecule has 4 nitrogen and oxygen atoms in total. The summed E-state index contributed by atoms with van der Waals surface area (Å²) in [6.45, 7) is 9.49. The van der Waals surface area contributed by atoms with Crippen molar-refractivity contribution in [1.82, 2.24) is 5.32 Å². The lowest BCUT2D eigenvalue weighted by molar-refractivity contribution is 0.0931. The first-order valence-electron chi connectivity index (χ1n) is 13.2. The number of hydrogen-bond acceptors (Lipinski definition) is 3. The summed E-state index contributed by atoms with van der Waals surface area (Å²) < 4.78 is 11.9. The number of nitrogens with one attached hydrogen (secondary N) is 1. The molecular weight excluding hydrogens is 470 g/mol. The van der Waals surface area contributed by atoms with E-state index >= 15 is 0 Å². The zero-order valence-electron chi connectivity index (χ0n) is 22.7. The Morgan fingerprint density at radius 1 is 0.711 bits per heavy atom. The third kappa shape index (κ3) is 7.97. The monoisotopic (exact) mass is 507 g/mol. The molecule has 1 N–H and O–H groups in total. The molecule has 0 heterocycles. The third-order valence-electron chi connectivity index (χ3n) is 6.33. The summed E-state index contributed by atoms with van der Waals surface area (Å²) in [7, 11) is 0. The fraction of sp³-hybridized carbons (Fsp3) is 0.265. The van der Waals surface area contributed by atoms with E-state index in [1.54, 1.807) is 6.07 Å². The second-order valence-electron chi connectivity index (χ2n) is 10.3. The summed E-state index contributed by atoms with van der Waals surface area (Å²) >= 11 is 0. The van der Waals surface area contributed by atoms with Gasteiger partial charge in [0.25, 0.3) is 5.91 Å². The molecule has 0 bridgehead atoms. The second kappa shape index (κ2) is 13.0. The van der Waals surface area contributed by atoms with Gasteiger partial charge in [0, 0.05) is 5.56 Å². The smallest absolute Gasteiger partial charge is 0.251 e. The maximum atomic E-state index is 13.2. The van der Waals surface area contributed by atoms with Gasteiger partial charge in [-0.25, -0.2) is 0 Å². The van der Waals surface area contributed by atoms with Gasteiger partial charge >= 0.3 is 0 Å². The molecule has 0 radical (unpaired) electrons. The molecule has 0 spiro atoms. The van der Waals surface area contributed by atoms with Gasteiger partial charge in [0.2, 0.25) is 0 Å². The average Bonchev–Trinajstić information content (AvgIpc) is 2.91. The van der Waals surface area contributed by atoms with Crippen molar-refractivity contribution >= 4 is 5.91 Å². The van der Waals surface area contributed by atoms with Crippen molar-refractivity contribution in [3.05, 3.63) is 130 Å². The Kier molecular flexibility index (Phi) is 9.21. The Morgan fingerprint density at radius 2 is 1.34 bits per heavy atom. The van der Waals surface area contributed by atoms with Gasteiger partial charge in [-0.3, -0.25) is 4.79 Å². The Labute approximate surface area is 226 Å². The van der Waals surface area contributed by atoms with Gasteiger partial charge in [-0.2, -0.15) is 0 Å². The fourth-order valence-corrected chi connectivity index (χ4v) is 4.52. The van der Waals surface area contributed by atoms with Crippen LogP contribution in [0.15, 0.2) is 97.1 Å². The van der Waals surface area contributed by atoms with Crippen molar-refractivity contribution in [2.45, 2.75) is 53.4 Å². The highest BCUT2D eigenvalue weighted by molar-refractivity contribution is 5.94. The van der Waals surface area contributed by atoms with Crippen LogP contribution in [0.25, 0.3) is 0 Å². The quantitative estimate of drug-likeness (QED) is 0.224. The Hall–Kier alpha value is -4.05. The zero-order valence-corrected chi connectivity index (χ0v) is 22.7. The molecule has 196 valence electrons. The molecule has 0 saturated heterocycles. The highest BCUT2D eigenvalue weighted by Gasteiger charge is 2.18. The van der Waals surface area contributed by atoms with Gasteiger partial charge < -0.3 is 14.8 Å². The van der Waals surface area contributed by atoms with E-state index < -0.39 is 0 Å². The van der Waals surface area contributed by atoms with Crippen molar-refractivity contribution < 1.29 is 14.3 Å². The van der Waals surface area contributed by atoms with Gasteiger partial charge in [0.15, 0.2) is 0 Å². The molecule has 4 heteroatoms. The molecular formula is C34H37NO3. The van der Waals surface area contributed by atoms with Crippen LogP contribution in [-0.4, -0.2) is 5.91 Å². The third-order valence-corrected chi connectivity index (χ3v) is 6.33. The first kappa shape index (κ1) is 27.0. The van der Waals surface area contributed by atoms with Gasteiger partial charge in [-0.15, -0.1) is 0 Å². The van der Waals surface area contributed by atoms with E-state index in [9.17, 15) is 4.79 Å². The Morgan fingerprint density at radius 3 is 2.00 bits per heavy atom. The predicted octanol–water partition coefficient (Wildman–Crippen LogP) is 7.98. The highest BCUT2D eigenvalue weighted by atomic mass is 16.5. The molecule has 1 amide bonds. The van der Waals surface area contributed by atoms with Crippen LogP contribution < -0.4 is 14.8 Å². The lowest BCUT2D eigenvalue weighted by atomic mass is 9.94. The van der Waals surface area contributed by atoms with Crippen molar-refractivity contribution in [2.75, 3.05) is 0 Å². The molecule has 1 atom stereocenters. The molecule has 4 rings (SSSR count). The Bertz CT molecular complexity index is 1310. The van der Waals surface area contributed by atoms with Crippen LogP contribution in [0, 0.1) is 19.8 Å². The normalized spacial score (nSPS) is 11.7. The molecule has 0 aliphatic rings. The van der Waals surface area contributed by atoms with Crippen molar-refractivity contribution in [3.8, 4) is 11.5 Å². The molecule has 38 heavy (non-hydrogen) atoms. The SMILES string of the molecule is Cc1cc(C)cc(C(CC(C)C)NC(=O)c2cccc(OCc3ccc(OCc4ccccc4)cc3)c2)c1. The largest absolute Gasteiger partial charge is 0.489 e. The van der Waals surface area contributed by atoms with E-state index in [1.807, 2.05) is 72.8 Å². The van der Waals surface area contributed by atoms with Gasteiger partial charge in [-0.1, -0.05) is 91.7 Å². The van der Waals surface area contributed by atoms with E-state index in [-0.39, 0.29) is 11.9 Å². The van der Waals surface area contributed by atoms with Gasteiger partial charge in [-0.05, 0) is 73.2 Å². The number of ether oxygens (including phenoxy) is 2. The maximum absolute atomic E-state index is 13.2. The minimum Gasteiger partial charge on any atom is -0.489 e. The van der Waals surface area contributed by atoms with E-state index in [0.717, 1.165) is 28.9 Å². The number of aryl methyl sites for hydroxylation is 2. The van der Waals surface area contributed by atoms with E-state index in [1.165, 1.54) is 11.1 Å². The van der Waals surface area contributed by atoms with Gasteiger partial charge in [0.05, 0.1) is 6.04 Å². The molecule has 0 aromatic heterocycles. The van der Waals surface area contributed by atoms with Gasteiger partial charge in [0.1, 0.15) is 24.7 Å². The van der Waals surface area contributed by atoms with Crippen LogP contribution in [0.3, 0.4) is 0 Å². The number of carbonyl (C=O) groups is 1. The summed E-state index contributed by atoms with van der Waals surface area (Å²) in [4.78, 5) is 13.2. The minimum atomic E-state index is -0.0971. The number of amides is 1. The van der Waals surface area contributed by atoms with Crippen LogP contribution in [0.2, 0.25) is 0 Å². The Balaban J connectivity index is 1.36. The second-order valence-corrected chi connectivity index (χ2v) is 10.3. The first-order chi connectivity index (χ1) is 18.4. The van der Waals surface area contributed by atoms with E-state index in [4.69, 9.17) is 9.47 Å². The number of benzene rings is 4. The number of rotatable bonds is 11. The molecule has 1 unspecified atom stereocenters. The zero-order chi connectivity index (χ0) is 26.9. The van der Waals surface area contributed by atoms with Crippen LogP contribution in [0.4, 0.5) is 0 Å². The molecule has 0 saturated carbocycles. The average molecular weight is 508 g/mol. The van der Waals surface area contributed by atoms with Crippen LogP contribution in [0.1, 0.15) is 64.5 Å². The first-order valence-corrected chi connectivity index (χ1v) is 13.2.